The maximum Gasteiger partial charge on any atom is 0.224 e. The zero-order chi connectivity index (χ0) is 12.0. The van der Waals surface area contributed by atoms with E-state index >= 15 is 0 Å². The van der Waals surface area contributed by atoms with Gasteiger partial charge in [0.05, 0.1) is 5.52 Å². The molecule has 0 atom stereocenters. The molecular formula is C8H8B4Cl2N2. The largest absolute Gasteiger partial charge is 0.224 e. The zero-order valence-corrected chi connectivity index (χ0v) is 11.2. The molecule has 0 aliphatic carbocycles. The van der Waals surface area contributed by atoms with Gasteiger partial charge in [-0.1, -0.05) is 28.0 Å². The molecule has 0 radical (unpaired) electrons. The molecule has 0 spiro atoms. The van der Waals surface area contributed by atoms with Crippen LogP contribution in [-0.4, -0.2) is 41.4 Å². The van der Waals surface area contributed by atoms with Crippen LogP contribution in [0.2, 0.25) is 10.4 Å². The minimum Gasteiger partial charge on any atom is -0.218 e. The summed E-state index contributed by atoms with van der Waals surface area (Å²) < 4.78 is 0. The van der Waals surface area contributed by atoms with Gasteiger partial charge in [0.2, 0.25) is 5.28 Å². The lowest BCUT2D eigenvalue weighted by Gasteiger charge is -2.14. The Labute approximate surface area is 108 Å². The summed E-state index contributed by atoms with van der Waals surface area (Å²) in [5, 5.41) is 1.54. The van der Waals surface area contributed by atoms with Gasteiger partial charge in [-0.2, -0.15) is 0 Å². The minimum atomic E-state index is 0.197. The molecule has 16 heavy (non-hydrogen) atoms. The minimum absolute atomic E-state index is 0.197. The van der Waals surface area contributed by atoms with Crippen LogP contribution in [0.15, 0.2) is 0 Å². The number of nitrogens with zero attached hydrogens (tertiary/aromatic N) is 2. The van der Waals surface area contributed by atoms with E-state index in [1.807, 2.05) is 15.7 Å². The smallest absolute Gasteiger partial charge is 0.218 e. The Kier molecular flexibility index (Phi) is 2.97. The Morgan fingerprint density at radius 1 is 0.750 bits per heavy atom. The van der Waals surface area contributed by atoms with Gasteiger partial charge >= 0.3 is 0 Å². The molecule has 8 heteroatoms. The lowest BCUT2D eigenvalue weighted by molar-refractivity contribution is 1.23. The van der Waals surface area contributed by atoms with Gasteiger partial charge in [0.15, 0.2) is 0 Å². The molecule has 0 N–H and O–H groups in total. The Morgan fingerprint density at radius 3 is 1.94 bits per heavy atom. The third-order valence-electron chi connectivity index (χ3n) is 3.26. The van der Waals surface area contributed by atoms with Crippen molar-refractivity contribution in [1.29, 1.82) is 0 Å². The van der Waals surface area contributed by atoms with E-state index in [2.05, 4.69) is 25.7 Å². The van der Waals surface area contributed by atoms with Crippen LogP contribution in [0.25, 0.3) is 10.9 Å². The molecule has 1 aromatic heterocycles. The Hall–Kier alpha value is -0.600. The summed E-state index contributed by atoms with van der Waals surface area (Å²) in [5.74, 6) is 0. The highest BCUT2D eigenvalue weighted by atomic mass is 35.5. The molecular weight excluding hydrogens is 238 g/mol. The normalized spacial score (nSPS) is 10.9. The van der Waals surface area contributed by atoms with Crippen LogP contribution in [0.4, 0.5) is 0 Å². The van der Waals surface area contributed by atoms with Gasteiger partial charge < -0.3 is 0 Å². The first-order valence-electron chi connectivity index (χ1n) is 5.02. The monoisotopic (exact) mass is 246 g/mol. The van der Waals surface area contributed by atoms with Crippen molar-refractivity contribution in [2.24, 2.45) is 0 Å². The van der Waals surface area contributed by atoms with Crippen LogP contribution in [0.3, 0.4) is 0 Å². The van der Waals surface area contributed by atoms with Crippen molar-refractivity contribution in [1.82, 2.24) is 9.97 Å². The summed E-state index contributed by atoms with van der Waals surface area (Å²) in [4.78, 5) is 8.26. The van der Waals surface area contributed by atoms with Crippen molar-refractivity contribution < 1.29 is 0 Å². The lowest BCUT2D eigenvalue weighted by atomic mass is 9.65. The first-order chi connectivity index (χ1) is 7.43. The van der Waals surface area contributed by atoms with Crippen molar-refractivity contribution in [3.63, 3.8) is 0 Å². The molecule has 2 rings (SSSR count). The molecule has 0 fully saturated rings. The van der Waals surface area contributed by atoms with Crippen LogP contribution in [-0.2, 0) is 0 Å². The second kappa shape index (κ2) is 4.01. The fourth-order valence-corrected chi connectivity index (χ4v) is 2.46. The summed E-state index contributed by atoms with van der Waals surface area (Å²) in [5.41, 5.74) is 5.56. The SMILES string of the molecule is Bc1c(B)c(B)c2c(Cl)nc(Cl)nc2c1B. The van der Waals surface area contributed by atoms with E-state index in [0.717, 1.165) is 21.8 Å². The van der Waals surface area contributed by atoms with Gasteiger partial charge in [-0.25, -0.2) is 9.97 Å². The van der Waals surface area contributed by atoms with E-state index in [1.165, 1.54) is 10.9 Å². The van der Waals surface area contributed by atoms with E-state index in [4.69, 9.17) is 23.2 Å². The Bertz CT molecular complexity index is 603. The average Bonchev–Trinajstić information content (AvgIpc) is 2.22. The van der Waals surface area contributed by atoms with Gasteiger partial charge in [-0.15, -0.1) is 5.46 Å². The molecule has 2 nitrogen and oxygen atoms in total. The first kappa shape index (κ1) is 11.9. The van der Waals surface area contributed by atoms with E-state index in [-0.39, 0.29) is 5.28 Å². The summed E-state index contributed by atoms with van der Waals surface area (Å²) >= 11 is 12.0. The maximum atomic E-state index is 6.13. The third-order valence-corrected chi connectivity index (χ3v) is 3.70. The van der Waals surface area contributed by atoms with Crippen LogP contribution in [0.5, 0.6) is 0 Å². The van der Waals surface area contributed by atoms with Crippen molar-refractivity contribution in [3.8, 4) is 0 Å². The summed E-state index contributed by atoms with van der Waals surface area (Å²) in [6.45, 7) is 0. The molecule has 0 aliphatic rings. The fourth-order valence-electron chi connectivity index (χ4n) is 1.94. The summed E-state index contributed by atoms with van der Waals surface area (Å²) in [6, 6.07) is 0. The third kappa shape index (κ3) is 1.64. The predicted octanol–water partition coefficient (Wildman–Crippen LogP) is -4.03. The number of hydrogen-bond acceptors (Lipinski definition) is 2. The number of hydrogen-bond donors (Lipinski definition) is 0. The lowest BCUT2D eigenvalue weighted by Crippen LogP contribution is -2.48. The van der Waals surface area contributed by atoms with Gasteiger partial charge in [0, 0.05) is 5.39 Å². The molecule has 0 saturated heterocycles. The van der Waals surface area contributed by atoms with E-state index in [9.17, 15) is 0 Å². The molecule has 0 amide bonds. The molecule has 0 unspecified atom stereocenters. The highest BCUT2D eigenvalue weighted by molar-refractivity contribution is 6.67. The maximum absolute atomic E-state index is 6.13. The van der Waals surface area contributed by atoms with Crippen LogP contribution in [0, 0.1) is 0 Å². The Morgan fingerprint density at radius 2 is 1.31 bits per heavy atom. The quantitative estimate of drug-likeness (QED) is 0.269. The zero-order valence-electron chi connectivity index (χ0n) is 9.65. The fraction of sp³-hybridized carbons (Fsp3) is 0. The van der Waals surface area contributed by atoms with E-state index in [1.54, 1.807) is 0 Å². The number of benzene rings is 1. The molecule has 0 bridgehead atoms. The molecule has 1 heterocycles. The van der Waals surface area contributed by atoms with Crippen molar-refractivity contribution in [3.05, 3.63) is 10.4 Å². The number of fused-ring (bicyclic) bond motifs is 1. The molecule has 2 aromatic rings. The van der Waals surface area contributed by atoms with Crippen molar-refractivity contribution in [2.75, 3.05) is 0 Å². The molecule has 1 aromatic carbocycles. The van der Waals surface area contributed by atoms with Crippen LogP contribution < -0.4 is 21.9 Å². The van der Waals surface area contributed by atoms with Gasteiger partial charge in [-0.3, -0.25) is 0 Å². The summed E-state index contributed by atoms with van der Waals surface area (Å²) in [7, 11) is 8.24. The van der Waals surface area contributed by atoms with Gasteiger partial charge in [0.1, 0.15) is 36.5 Å². The second-order valence-corrected chi connectivity index (χ2v) is 4.70. The second-order valence-electron chi connectivity index (χ2n) is 4.01. The van der Waals surface area contributed by atoms with Crippen LogP contribution in [0.1, 0.15) is 0 Å². The van der Waals surface area contributed by atoms with Crippen LogP contribution >= 0.6 is 23.2 Å². The first-order valence-corrected chi connectivity index (χ1v) is 5.78. The van der Waals surface area contributed by atoms with Gasteiger partial charge in [0.25, 0.3) is 0 Å². The standard InChI is InChI=1S/C8H8B4Cl2N2/c9-2-1-6(5(12)4(11)3(2)10)15-8(14)16-7(1)13/h9-12H2. The number of rotatable bonds is 0. The molecule has 76 valence electrons. The molecule has 0 saturated carbocycles. The number of aromatic nitrogens is 2. The topological polar surface area (TPSA) is 25.8 Å². The van der Waals surface area contributed by atoms with Crippen molar-refractivity contribution >= 4 is 87.3 Å². The average molecular weight is 246 g/mol. The van der Waals surface area contributed by atoms with Crippen molar-refractivity contribution in [2.45, 2.75) is 0 Å². The number of halogens is 2. The molecule has 0 aliphatic heterocycles. The Balaban J connectivity index is 3.08. The highest BCUT2D eigenvalue weighted by Gasteiger charge is 2.13. The predicted molar refractivity (Wildman–Crippen MR) is 82.3 cm³/mol. The van der Waals surface area contributed by atoms with E-state index in [0.29, 0.717) is 5.15 Å². The van der Waals surface area contributed by atoms with Gasteiger partial charge in [-0.05, 0) is 11.6 Å². The van der Waals surface area contributed by atoms with E-state index < -0.39 is 0 Å². The highest BCUT2D eigenvalue weighted by Crippen LogP contribution is 2.17. The summed E-state index contributed by atoms with van der Waals surface area (Å²) in [6.07, 6.45) is 0.